The minimum absolute atomic E-state index is 0.0371. The molecule has 1 aliphatic rings. The van der Waals surface area contributed by atoms with E-state index in [-0.39, 0.29) is 6.29 Å². The highest BCUT2D eigenvalue weighted by molar-refractivity contribution is 4.98. The number of ether oxygens (including phenoxy) is 2. The van der Waals surface area contributed by atoms with Crippen molar-refractivity contribution in [2.45, 2.75) is 71.0 Å². The molecule has 0 aromatic carbocycles. The van der Waals surface area contributed by atoms with Crippen LogP contribution in [0.2, 0.25) is 0 Å². The van der Waals surface area contributed by atoms with E-state index in [4.69, 9.17) is 9.47 Å². The van der Waals surface area contributed by atoms with Gasteiger partial charge in [0.05, 0.1) is 6.61 Å². The van der Waals surface area contributed by atoms with Gasteiger partial charge in [-0.3, -0.25) is 0 Å². The third-order valence-electron chi connectivity index (χ3n) is 2.95. The van der Waals surface area contributed by atoms with Crippen LogP contribution in [0.5, 0.6) is 0 Å². The fraction of sp³-hybridized carbons (Fsp3) is 0.867. The van der Waals surface area contributed by atoms with E-state index in [1.807, 2.05) is 0 Å². The van der Waals surface area contributed by atoms with E-state index >= 15 is 0 Å². The lowest BCUT2D eigenvalue weighted by atomic mass is 10.1. The lowest BCUT2D eigenvalue weighted by Crippen LogP contribution is -2.22. The van der Waals surface area contributed by atoms with Gasteiger partial charge in [-0.15, -0.1) is 11.8 Å². The SMILES string of the molecule is CCCCCCC#CCCOC1CCCCO1. The maximum atomic E-state index is 5.60. The van der Waals surface area contributed by atoms with Gasteiger partial charge in [0.2, 0.25) is 0 Å². The summed E-state index contributed by atoms with van der Waals surface area (Å²) < 4.78 is 11.1. The molecule has 0 saturated carbocycles. The monoisotopic (exact) mass is 238 g/mol. The molecule has 0 bridgehead atoms. The predicted octanol–water partition coefficient (Wildman–Crippen LogP) is 3.89. The second-order valence-corrected chi connectivity index (χ2v) is 4.58. The van der Waals surface area contributed by atoms with Gasteiger partial charge < -0.3 is 9.47 Å². The Hall–Kier alpha value is -0.520. The van der Waals surface area contributed by atoms with Crippen LogP contribution in [0.1, 0.15) is 64.7 Å². The Kier molecular flexibility index (Phi) is 9.09. The molecule has 2 heteroatoms. The van der Waals surface area contributed by atoms with Crippen molar-refractivity contribution in [3.63, 3.8) is 0 Å². The Balaban J connectivity index is 1.87. The van der Waals surface area contributed by atoms with E-state index in [9.17, 15) is 0 Å². The first kappa shape index (κ1) is 14.5. The van der Waals surface area contributed by atoms with Crippen molar-refractivity contribution in [3.05, 3.63) is 0 Å². The second kappa shape index (κ2) is 10.6. The van der Waals surface area contributed by atoms with Crippen LogP contribution in [0.15, 0.2) is 0 Å². The molecule has 1 fully saturated rings. The first-order chi connectivity index (χ1) is 8.43. The lowest BCUT2D eigenvalue weighted by molar-refractivity contribution is -0.161. The summed E-state index contributed by atoms with van der Waals surface area (Å²) in [7, 11) is 0. The highest BCUT2D eigenvalue weighted by Gasteiger charge is 2.12. The second-order valence-electron chi connectivity index (χ2n) is 4.58. The highest BCUT2D eigenvalue weighted by Crippen LogP contribution is 2.13. The smallest absolute Gasteiger partial charge is 0.157 e. The molecule has 0 spiro atoms. The largest absolute Gasteiger partial charge is 0.353 e. The minimum atomic E-state index is 0.0371. The van der Waals surface area contributed by atoms with Crippen molar-refractivity contribution in [2.24, 2.45) is 0 Å². The molecule has 1 aliphatic heterocycles. The molecule has 1 rings (SSSR count). The molecule has 0 radical (unpaired) electrons. The van der Waals surface area contributed by atoms with E-state index in [2.05, 4.69) is 18.8 Å². The van der Waals surface area contributed by atoms with E-state index in [0.717, 1.165) is 25.9 Å². The Labute approximate surface area is 106 Å². The topological polar surface area (TPSA) is 18.5 Å². The van der Waals surface area contributed by atoms with Crippen LogP contribution in [0, 0.1) is 11.8 Å². The van der Waals surface area contributed by atoms with Crippen LogP contribution in [0.3, 0.4) is 0 Å². The van der Waals surface area contributed by atoms with Crippen molar-refractivity contribution in [2.75, 3.05) is 13.2 Å². The summed E-state index contributed by atoms with van der Waals surface area (Å²) in [5.41, 5.74) is 0. The van der Waals surface area contributed by atoms with Gasteiger partial charge in [-0.05, 0) is 25.7 Å². The molecule has 98 valence electrons. The maximum Gasteiger partial charge on any atom is 0.157 e. The minimum Gasteiger partial charge on any atom is -0.353 e. The molecule has 1 unspecified atom stereocenters. The summed E-state index contributed by atoms with van der Waals surface area (Å²) in [5.74, 6) is 6.38. The average molecular weight is 238 g/mol. The number of rotatable bonds is 7. The van der Waals surface area contributed by atoms with Crippen LogP contribution in [-0.2, 0) is 9.47 Å². The van der Waals surface area contributed by atoms with Crippen molar-refractivity contribution >= 4 is 0 Å². The molecule has 0 aliphatic carbocycles. The lowest BCUT2D eigenvalue weighted by Gasteiger charge is -2.22. The molecular weight excluding hydrogens is 212 g/mol. The molecule has 0 N–H and O–H groups in total. The van der Waals surface area contributed by atoms with Crippen LogP contribution < -0.4 is 0 Å². The molecule has 0 aromatic rings. The fourth-order valence-electron chi connectivity index (χ4n) is 1.90. The Bertz CT molecular complexity index is 221. The molecule has 0 aromatic heterocycles. The van der Waals surface area contributed by atoms with Gasteiger partial charge in [-0.25, -0.2) is 0 Å². The zero-order valence-corrected chi connectivity index (χ0v) is 11.2. The normalized spacial score (nSPS) is 19.7. The first-order valence-corrected chi connectivity index (χ1v) is 7.12. The van der Waals surface area contributed by atoms with E-state index < -0.39 is 0 Å². The third kappa shape index (κ3) is 8.24. The van der Waals surface area contributed by atoms with Crippen molar-refractivity contribution < 1.29 is 9.47 Å². The highest BCUT2D eigenvalue weighted by atomic mass is 16.7. The van der Waals surface area contributed by atoms with Crippen molar-refractivity contribution in [3.8, 4) is 11.8 Å². The Morgan fingerprint density at radius 1 is 1.12 bits per heavy atom. The van der Waals surface area contributed by atoms with Crippen molar-refractivity contribution in [1.82, 2.24) is 0 Å². The fourth-order valence-corrected chi connectivity index (χ4v) is 1.90. The van der Waals surface area contributed by atoms with Gasteiger partial charge in [0.25, 0.3) is 0 Å². The maximum absolute atomic E-state index is 5.60. The van der Waals surface area contributed by atoms with Gasteiger partial charge in [0.15, 0.2) is 6.29 Å². The average Bonchev–Trinajstić information content (AvgIpc) is 2.38. The van der Waals surface area contributed by atoms with Crippen LogP contribution in [-0.4, -0.2) is 19.5 Å². The van der Waals surface area contributed by atoms with Gasteiger partial charge in [-0.2, -0.15) is 0 Å². The summed E-state index contributed by atoms with van der Waals surface area (Å²) in [5, 5.41) is 0. The van der Waals surface area contributed by atoms with Gasteiger partial charge in [0, 0.05) is 19.4 Å². The molecule has 1 heterocycles. The van der Waals surface area contributed by atoms with Crippen molar-refractivity contribution in [1.29, 1.82) is 0 Å². The summed E-state index contributed by atoms with van der Waals surface area (Å²) in [4.78, 5) is 0. The summed E-state index contributed by atoms with van der Waals surface area (Å²) >= 11 is 0. The number of unbranched alkanes of at least 4 members (excludes halogenated alkanes) is 4. The van der Waals surface area contributed by atoms with Gasteiger partial charge >= 0.3 is 0 Å². The molecular formula is C15H26O2. The Morgan fingerprint density at radius 3 is 2.76 bits per heavy atom. The predicted molar refractivity (Wildman–Crippen MR) is 70.7 cm³/mol. The van der Waals surface area contributed by atoms with Gasteiger partial charge in [-0.1, -0.05) is 26.2 Å². The van der Waals surface area contributed by atoms with Crippen LogP contribution in [0.25, 0.3) is 0 Å². The van der Waals surface area contributed by atoms with E-state index in [0.29, 0.717) is 6.61 Å². The standard InChI is InChI=1S/C15H26O2/c1-2-3-4-5-6-7-8-10-13-16-15-12-9-11-14-17-15/h15H,2-6,9-14H2,1H3. The third-order valence-corrected chi connectivity index (χ3v) is 2.95. The molecule has 0 amide bonds. The van der Waals surface area contributed by atoms with Crippen LogP contribution in [0.4, 0.5) is 0 Å². The summed E-state index contributed by atoms with van der Waals surface area (Å²) in [6.45, 7) is 3.80. The zero-order valence-electron chi connectivity index (χ0n) is 11.2. The zero-order chi connectivity index (χ0) is 12.2. The quantitative estimate of drug-likeness (QED) is 0.495. The number of hydrogen-bond donors (Lipinski definition) is 0. The van der Waals surface area contributed by atoms with E-state index in [1.165, 1.54) is 38.5 Å². The van der Waals surface area contributed by atoms with Crippen LogP contribution >= 0.6 is 0 Å². The molecule has 2 nitrogen and oxygen atoms in total. The molecule has 1 atom stereocenters. The molecule has 1 saturated heterocycles. The Morgan fingerprint density at radius 2 is 2.00 bits per heavy atom. The first-order valence-electron chi connectivity index (χ1n) is 7.12. The molecule has 17 heavy (non-hydrogen) atoms. The van der Waals surface area contributed by atoms with Gasteiger partial charge in [0.1, 0.15) is 0 Å². The number of hydrogen-bond acceptors (Lipinski definition) is 2. The summed E-state index contributed by atoms with van der Waals surface area (Å²) in [6, 6.07) is 0. The van der Waals surface area contributed by atoms with E-state index in [1.54, 1.807) is 0 Å². The summed E-state index contributed by atoms with van der Waals surface area (Å²) in [6.07, 6.45) is 10.6.